The molecule has 0 fully saturated rings. The normalized spacial score (nSPS) is 13.3. The summed E-state index contributed by atoms with van der Waals surface area (Å²) in [6.07, 6.45) is 0. The summed E-state index contributed by atoms with van der Waals surface area (Å²) in [6, 6.07) is 107. The first-order valence-corrected chi connectivity index (χ1v) is 35.7. The fraction of sp³-hybridized carbons (Fsp3) is 0.170. The molecule has 5 heterocycles. The lowest BCUT2D eigenvalue weighted by Gasteiger charge is -2.45. The Morgan fingerprint density at radius 2 is 0.640 bits per heavy atom. The van der Waals surface area contributed by atoms with Gasteiger partial charge in [0.25, 0.3) is 6.71 Å². The molecule has 0 saturated carbocycles. The lowest BCUT2D eigenvalue weighted by molar-refractivity contribution is 0.567. The van der Waals surface area contributed by atoms with E-state index in [1.807, 2.05) is 0 Å². The second-order valence-corrected chi connectivity index (χ2v) is 32.3. The van der Waals surface area contributed by atoms with Crippen LogP contribution in [-0.4, -0.2) is 20.4 Å². The Kier molecular flexibility index (Phi) is 13.6. The Morgan fingerprint density at radius 1 is 0.240 bits per heavy atom. The van der Waals surface area contributed by atoms with Crippen molar-refractivity contribution in [3.63, 3.8) is 0 Å². The van der Waals surface area contributed by atoms with Gasteiger partial charge in [0.15, 0.2) is 0 Å². The van der Waals surface area contributed by atoms with Crippen molar-refractivity contribution in [2.75, 3.05) is 9.80 Å². The number of anilines is 6. The Morgan fingerprint density at radius 3 is 1.17 bits per heavy atom. The fourth-order valence-electron chi connectivity index (χ4n) is 16.5. The molecule has 100 heavy (non-hydrogen) atoms. The zero-order chi connectivity index (χ0) is 68.5. The van der Waals surface area contributed by atoms with E-state index in [-0.39, 0.29) is 28.4 Å². The summed E-state index contributed by atoms with van der Waals surface area (Å²) in [7, 11) is 0. The van der Waals surface area contributed by atoms with E-state index in [2.05, 4.69) is 386 Å². The Hall–Kier alpha value is -11.1. The minimum atomic E-state index is -0.213. The first-order valence-electron chi connectivity index (χ1n) is 35.7. The van der Waals surface area contributed by atoms with Crippen LogP contribution in [0.2, 0.25) is 0 Å². The van der Waals surface area contributed by atoms with Gasteiger partial charge in [0.2, 0.25) is 0 Å². The van der Waals surface area contributed by atoms with Gasteiger partial charge in [0.05, 0.1) is 44.5 Å². The lowest BCUT2D eigenvalue weighted by atomic mass is 9.33. The Bertz CT molecular complexity index is 5860. The van der Waals surface area contributed by atoms with Crippen LogP contribution < -0.4 is 26.2 Å². The van der Waals surface area contributed by atoms with Gasteiger partial charge in [0.1, 0.15) is 0 Å². The summed E-state index contributed by atoms with van der Waals surface area (Å²) in [6.45, 7) is 28.0. The third-order valence-corrected chi connectivity index (χ3v) is 21.8. The molecular formula is C94H82BN5. The summed E-state index contributed by atoms with van der Waals surface area (Å²) >= 11 is 0. The second kappa shape index (κ2) is 22.2. The van der Waals surface area contributed by atoms with Crippen molar-refractivity contribution in [2.24, 2.45) is 0 Å². The summed E-state index contributed by atoms with van der Waals surface area (Å²) in [5.74, 6) is 0. The van der Waals surface area contributed by atoms with Gasteiger partial charge in [-0.05, 0) is 180 Å². The van der Waals surface area contributed by atoms with Crippen molar-refractivity contribution < 1.29 is 0 Å². The molecule has 5 nitrogen and oxygen atoms in total. The molecule has 2 aliphatic heterocycles. The van der Waals surface area contributed by atoms with Gasteiger partial charge in [-0.3, -0.25) is 0 Å². The van der Waals surface area contributed by atoms with Crippen LogP contribution in [0.4, 0.5) is 34.1 Å². The summed E-state index contributed by atoms with van der Waals surface area (Å²) < 4.78 is 7.61. The first kappa shape index (κ1) is 61.3. The van der Waals surface area contributed by atoms with E-state index >= 15 is 0 Å². The standard InChI is InChI=1S/C94H82BN5/c1-91(2,3)63-49-62(50-64(52-63)92(4,5)6)61-29-26-30-68(51-61)100-87-58-71(98-81-38-23-18-33-74(81)75-34-19-24-39-82(75)98)57-86-89(87)95(78-47-48-84-88(90(78)100)76-35-20-25-40-83(76)99(84)70-54-65(93(7,8)9)53-66(55-70)94(10,11)12)77-46-45-69(97-79-36-21-16-31-72(79)73-32-17-22-37-80(73)97)56-85(77)96(86)67-43-41-60(42-44-67)59-27-14-13-15-28-59/h13-58H,1-12H3. The van der Waals surface area contributed by atoms with E-state index in [1.165, 1.54) is 127 Å². The number of hydrogen-bond donors (Lipinski definition) is 0. The maximum absolute atomic E-state index is 2.70. The molecule has 13 aromatic carbocycles. The van der Waals surface area contributed by atoms with Crippen molar-refractivity contribution in [2.45, 2.75) is 105 Å². The topological polar surface area (TPSA) is 21.3 Å². The highest BCUT2D eigenvalue weighted by molar-refractivity contribution is 7.00. The highest BCUT2D eigenvalue weighted by Gasteiger charge is 2.46. The molecule has 16 aromatic rings. The second-order valence-electron chi connectivity index (χ2n) is 32.3. The number of para-hydroxylation sites is 5. The maximum atomic E-state index is 2.70. The quantitative estimate of drug-likeness (QED) is 0.148. The molecule has 486 valence electrons. The maximum Gasteiger partial charge on any atom is 0.252 e. The predicted octanol–water partition coefficient (Wildman–Crippen LogP) is 23.6. The zero-order valence-electron chi connectivity index (χ0n) is 59.4. The Labute approximate surface area is 587 Å². The van der Waals surface area contributed by atoms with Crippen molar-refractivity contribution in [1.29, 1.82) is 0 Å². The molecular weight excluding hydrogens is 1210 g/mol. The number of benzene rings is 13. The Balaban J connectivity index is 1.00. The van der Waals surface area contributed by atoms with Crippen LogP contribution in [0.15, 0.2) is 279 Å². The molecule has 0 unspecified atom stereocenters. The number of hydrogen-bond acceptors (Lipinski definition) is 2. The van der Waals surface area contributed by atoms with Gasteiger partial charge < -0.3 is 23.5 Å². The monoisotopic (exact) mass is 1290 g/mol. The highest BCUT2D eigenvalue weighted by Crippen LogP contribution is 2.52. The van der Waals surface area contributed by atoms with E-state index < -0.39 is 0 Å². The van der Waals surface area contributed by atoms with E-state index in [0.717, 1.165) is 50.8 Å². The van der Waals surface area contributed by atoms with Crippen LogP contribution in [-0.2, 0) is 21.7 Å². The largest absolute Gasteiger partial charge is 0.311 e. The number of aromatic nitrogens is 3. The minimum Gasteiger partial charge on any atom is -0.311 e. The van der Waals surface area contributed by atoms with Crippen LogP contribution in [0.5, 0.6) is 0 Å². The molecule has 0 bridgehead atoms. The lowest BCUT2D eigenvalue weighted by Crippen LogP contribution is -2.61. The van der Waals surface area contributed by atoms with Crippen LogP contribution in [0.3, 0.4) is 0 Å². The SMILES string of the molecule is CC(C)(C)c1cc(-c2cccc(N3c4cc(-n5c6ccccc6c6ccccc65)cc5c4B(c4ccc(-n6c7ccccc7c7ccccc76)cc4N5c4ccc(-c5ccccc5)cc4)c4ccc5c(c43)c3ccccc3n5-c3cc(C(C)(C)C)cc(C(C)(C)C)c3)c2)cc(C(C)(C)C)c1. The number of nitrogens with zero attached hydrogens (tertiary/aromatic N) is 5. The summed E-state index contributed by atoms with van der Waals surface area (Å²) in [4.78, 5) is 5.31. The van der Waals surface area contributed by atoms with Crippen molar-refractivity contribution in [3.05, 3.63) is 301 Å². The van der Waals surface area contributed by atoms with Gasteiger partial charge in [-0.15, -0.1) is 0 Å². The average Bonchev–Trinajstić information content (AvgIpc) is 1.12. The molecule has 2 aliphatic rings. The molecule has 3 aromatic heterocycles. The van der Waals surface area contributed by atoms with E-state index in [9.17, 15) is 0 Å². The molecule has 0 aliphatic carbocycles. The minimum absolute atomic E-state index is 0.0745. The molecule has 0 atom stereocenters. The van der Waals surface area contributed by atoms with Crippen LogP contribution in [0.1, 0.15) is 105 Å². The van der Waals surface area contributed by atoms with Crippen LogP contribution in [0.25, 0.3) is 105 Å². The number of fused-ring (bicyclic) bond motifs is 14. The molecule has 0 radical (unpaired) electrons. The van der Waals surface area contributed by atoms with Gasteiger partial charge in [-0.25, -0.2) is 0 Å². The molecule has 18 rings (SSSR count). The van der Waals surface area contributed by atoms with Gasteiger partial charge in [-0.1, -0.05) is 265 Å². The smallest absolute Gasteiger partial charge is 0.252 e. The van der Waals surface area contributed by atoms with Gasteiger partial charge in [-0.2, -0.15) is 0 Å². The molecule has 0 spiro atoms. The molecule has 0 N–H and O–H groups in total. The molecule has 0 saturated heterocycles. The van der Waals surface area contributed by atoms with Gasteiger partial charge >= 0.3 is 0 Å². The summed E-state index contributed by atoms with van der Waals surface area (Å²) in [5, 5.41) is 7.34. The third-order valence-electron chi connectivity index (χ3n) is 21.8. The van der Waals surface area contributed by atoms with Crippen LogP contribution >= 0.6 is 0 Å². The predicted molar refractivity (Wildman–Crippen MR) is 429 cm³/mol. The van der Waals surface area contributed by atoms with Crippen LogP contribution in [0, 0.1) is 0 Å². The highest BCUT2D eigenvalue weighted by atomic mass is 15.2. The van der Waals surface area contributed by atoms with Crippen molar-refractivity contribution in [3.8, 4) is 39.3 Å². The zero-order valence-corrected chi connectivity index (χ0v) is 59.4. The summed E-state index contributed by atoms with van der Waals surface area (Å²) in [5.41, 5.74) is 30.6. The van der Waals surface area contributed by atoms with E-state index in [0.29, 0.717) is 0 Å². The molecule has 0 amide bonds. The molecule has 6 heteroatoms. The van der Waals surface area contributed by atoms with Gasteiger partial charge in [0, 0.05) is 72.1 Å². The fourth-order valence-corrected chi connectivity index (χ4v) is 16.5. The van der Waals surface area contributed by atoms with Crippen molar-refractivity contribution in [1.82, 2.24) is 13.7 Å². The van der Waals surface area contributed by atoms with E-state index in [4.69, 9.17) is 0 Å². The number of rotatable bonds is 7. The average molecular weight is 1290 g/mol. The van der Waals surface area contributed by atoms with Crippen molar-refractivity contribution >= 4 is 123 Å². The first-order chi connectivity index (χ1) is 48.1. The van der Waals surface area contributed by atoms with E-state index in [1.54, 1.807) is 0 Å². The third kappa shape index (κ3) is 9.65.